The highest BCUT2D eigenvalue weighted by Crippen LogP contribution is 2.18. The molecule has 0 aliphatic rings. The fourth-order valence-electron chi connectivity index (χ4n) is 2.48. The summed E-state index contributed by atoms with van der Waals surface area (Å²) in [5.41, 5.74) is 1.99. The molecule has 0 amide bonds. The van der Waals surface area contributed by atoms with E-state index in [9.17, 15) is 0 Å². The Balaban J connectivity index is 0.00000280. The number of aromatic nitrogens is 5. The third-order valence-electron chi connectivity index (χ3n) is 3.97. The Morgan fingerprint density at radius 2 is 2.00 bits per heavy atom. The molecule has 1 aromatic carbocycles. The number of nitrogens with zero attached hydrogens (tertiary/aromatic N) is 5. The molecule has 0 radical (unpaired) electrons. The van der Waals surface area contributed by atoms with Crippen molar-refractivity contribution < 1.29 is 4.74 Å². The number of benzene rings is 1. The largest absolute Gasteiger partial charge is 0.497 e. The van der Waals surface area contributed by atoms with Gasteiger partial charge < -0.3 is 15.4 Å². The van der Waals surface area contributed by atoms with E-state index in [2.05, 4.69) is 35.9 Å². The van der Waals surface area contributed by atoms with Crippen LogP contribution in [-0.4, -0.2) is 44.6 Å². The molecule has 10 heteroatoms. The van der Waals surface area contributed by atoms with Gasteiger partial charge in [0.2, 0.25) is 0 Å². The predicted octanol–water partition coefficient (Wildman–Crippen LogP) is 2.09. The van der Waals surface area contributed by atoms with E-state index in [1.807, 2.05) is 49.0 Å². The first-order valence-electron chi connectivity index (χ1n) is 8.74. The molecule has 0 saturated heterocycles. The van der Waals surface area contributed by atoms with Crippen molar-refractivity contribution in [2.45, 2.75) is 20.0 Å². The topological polar surface area (TPSA) is 105 Å². The van der Waals surface area contributed by atoms with Crippen LogP contribution in [0.5, 0.6) is 5.75 Å². The Bertz CT molecular complexity index is 887. The lowest BCUT2D eigenvalue weighted by Crippen LogP contribution is -2.37. The maximum absolute atomic E-state index is 5.17. The molecule has 28 heavy (non-hydrogen) atoms. The van der Waals surface area contributed by atoms with Crippen molar-refractivity contribution in [1.29, 1.82) is 0 Å². The molecule has 3 N–H and O–H groups in total. The van der Waals surface area contributed by atoms with Gasteiger partial charge in [0.15, 0.2) is 11.8 Å². The third-order valence-corrected chi connectivity index (χ3v) is 3.97. The van der Waals surface area contributed by atoms with E-state index in [0.29, 0.717) is 30.7 Å². The SMILES string of the molecule is CCNC(=NCc1nc(-c2ccc(OC)cc2)n[nH]1)NCc1ccnn1C.I. The van der Waals surface area contributed by atoms with Gasteiger partial charge in [-0.25, -0.2) is 9.98 Å². The summed E-state index contributed by atoms with van der Waals surface area (Å²) < 4.78 is 7.00. The van der Waals surface area contributed by atoms with Gasteiger partial charge in [-0.05, 0) is 37.3 Å². The van der Waals surface area contributed by atoms with Crippen molar-refractivity contribution in [3.63, 3.8) is 0 Å². The first-order chi connectivity index (χ1) is 13.2. The zero-order valence-electron chi connectivity index (χ0n) is 16.1. The van der Waals surface area contributed by atoms with Crippen LogP contribution in [0, 0.1) is 0 Å². The monoisotopic (exact) mass is 496 g/mol. The van der Waals surface area contributed by atoms with E-state index in [-0.39, 0.29) is 24.0 Å². The van der Waals surface area contributed by atoms with Crippen LogP contribution >= 0.6 is 24.0 Å². The Labute approximate surface area is 181 Å². The summed E-state index contributed by atoms with van der Waals surface area (Å²) in [6.07, 6.45) is 1.77. The van der Waals surface area contributed by atoms with Gasteiger partial charge in [0.1, 0.15) is 18.1 Å². The first-order valence-corrected chi connectivity index (χ1v) is 8.74. The molecular formula is C18H25IN8O. The molecule has 0 aliphatic carbocycles. The van der Waals surface area contributed by atoms with Gasteiger partial charge in [0.25, 0.3) is 0 Å². The normalized spacial score (nSPS) is 11.0. The molecule has 3 rings (SSSR count). The number of methoxy groups -OCH3 is 1. The molecule has 2 heterocycles. The molecule has 0 fully saturated rings. The number of aromatic amines is 1. The number of nitrogens with one attached hydrogen (secondary N) is 3. The summed E-state index contributed by atoms with van der Waals surface area (Å²) in [6, 6.07) is 9.58. The molecule has 150 valence electrons. The van der Waals surface area contributed by atoms with Gasteiger partial charge in [-0.2, -0.15) is 10.2 Å². The Hall–Kier alpha value is -2.63. The quantitative estimate of drug-likeness (QED) is 0.263. The number of hydrogen-bond donors (Lipinski definition) is 3. The number of aliphatic imine (C=N–C) groups is 1. The molecule has 0 unspecified atom stereocenters. The van der Waals surface area contributed by atoms with E-state index in [4.69, 9.17) is 4.74 Å². The van der Waals surface area contributed by atoms with Crippen LogP contribution in [0.4, 0.5) is 0 Å². The number of ether oxygens (including phenoxy) is 1. The van der Waals surface area contributed by atoms with Gasteiger partial charge in [0.05, 0.1) is 19.3 Å². The molecule has 0 aliphatic heterocycles. The first kappa shape index (κ1) is 21.7. The number of guanidine groups is 1. The molecule has 0 spiro atoms. The second-order valence-electron chi connectivity index (χ2n) is 5.83. The second kappa shape index (κ2) is 10.6. The van der Waals surface area contributed by atoms with Crippen LogP contribution in [0.15, 0.2) is 41.5 Å². The van der Waals surface area contributed by atoms with E-state index in [1.165, 1.54) is 0 Å². The number of hydrogen-bond acceptors (Lipinski definition) is 5. The summed E-state index contributed by atoms with van der Waals surface area (Å²) in [7, 11) is 3.55. The molecule has 0 atom stereocenters. The van der Waals surface area contributed by atoms with E-state index < -0.39 is 0 Å². The summed E-state index contributed by atoms with van der Waals surface area (Å²) in [5.74, 6) is 2.84. The lowest BCUT2D eigenvalue weighted by Gasteiger charge is -2.10. The standard InChI is InChI=1S/C18H24N8O.HI/c1-4-19-18(20-11-14-9-10-22-26(14)2)21-12-16-23-17(25-24-16)13-5-7-15(27-3)8-6-13;/h5-10H,4,11-12H2,1-3H3,(H2,19,20,21)(H,23,24,25);1H. The Morgan fingerprint density at radius 3 is 2.64 bits per heavy atom. The molecule has 9 nitrogen and oxygen atoms in total. The third kappa shape index (κ3) is 5.68. The second-order valence-corrected chi connectivity index (χ2v) is 5.83. The fourth-order valence-corrected chi connectivity index (χ4v) is 2.48. The van der Waals surface area contributed by atoms with Gasteiger partial charge >= 0.3 is 0 Å². The lowest BCUT2D eigenvalue weighted by molar-refractivity contribution is 0.415. The van der Waals surface area contributed by atoms with E-state index >= 15 is 0 Å². The minimum atomic E-state index is 0. The van der Waals surface area contributed by atoms with Crippen molar-refractivity contribution in [2.24, 2.45) is 12.0 Å². The van der Waals surface area contributed by atoms with Crippen LogP contribution in [0.25, 0.3) is 11.4 Å². The van der Waals surface area contributed by atoms with E-state index in [1.54, 1.807) is 13.3 Å². The van der Waals surface area contributed by atoms with Crippen LogP contribution in [0.3, 0.4) is 0 Å². The minimum Gasteiger partial charge on any atom is -0.497 e. The smallest absolute Gasteiger partial charge is 0.192 e. The summed E-state index contributed by atoms with van der Waals surface area (Å²) >= 11 is 0. The molecule has 0 bridgehead atoms. The van der Waals surface area contributed by atoms with E-state index in [0.717, 1.165) is 23.6 Å². The zero-order chi connectivity index (χ0) is 19.1. The summed E-state index contributed by atoms with van der Waals surface area (Å²) in [4.78, 5) is 9.07. The van der Waals surface area contributed by atoms with Gasteiger partial charge in [-0.3, -0.25) is 9.78 Å². The van der Waals surface area contributed by atoms with Crippen molar-refractivity contribution >= 4 is 29.9 Å². The highest BCUT2D eigenvalue weighted by molar-refractivity contribution is 14.0. The average Bonchev–Trinajstić information content (AvgIpc) is 3.33. The lowest BCUT2D eigenvalue weighted by atomic mass is 10.2. The number of rotatable bonds is 7. The van der Waals surface area contributed by atoms with Crippen LogP contribution < -0.4 is 15.4 Å². The summed E-state index contributed by atoms with van der Waals surface area (Å²) in [5, 5.41) is 17.9. The molecule has 0 saturated carbocycles. The van der Waals surface area contributed by atoms with Gasteiger partial charge in [0, 0.05) is 25.4 Å². The minimum absolute atomic E-state index is 0. The highest BCUT2D eigenvalue weighted by atomic mass is 127. The van der Waals surface area contributed by atoms with Crippen LogP contribution in [-0.2, 0) is 20.1 Å². The van der Waals surface area contributed by atoms with Crippen molar-refractivity contribution in [1.82, 2.24) is 35.6 Å². The zero-order valence-corrected chi connectivity index (χ0v) is 18.5. The van der Waals surface area contributed by atoms with Crippen molar-refractivity contribution in [3.8, 4) is 17.1 Å². The molecular weight excluding hydrogens is 471 g/mol. The number of halogens is 1. The fraction of sp³-hybridized carbons (Fsp3) is 0.333. The maximum Gasteiger partial charge on any atom is 0.192 e. The van der Waals surface area contributed by atoms with Gasteiger partial charge in [-0.15, -0.1) is 24.0 Å². The highest BCUT2D eigenvalue weighted by Gasteiger charge is 2.07. The maximum atomic E-state index is 5.17. The average molecular weight is 496 g/mol. The molecule has 2 aromatic heterocycles. The Morgan fingerprint density at radius 1 is 1.21 bits per heavy atom. The predicted molar refractivity (Wildman–Crippen MR) is 119 cm³/mol. The van der Waals surface area contributed by atoms with Crippen molar-refractivity contribution in [2.75, 3.05) is 13.7 Å². The Kier molecular flexibility index (Phi) is 8.23. The number of aryl methyl sites for hydroxylation is 1. The van der Waals surface area contributed by atoms with Gasteiger partial charge in [-0.1, -0.05) is 0 Å². The van der Waals surface area contributed by atoms with Crippen LogP contribution in [0.2, 0.25) is 0 Å². The van der Waals surface area contributed by atoms with Crippen LogP contribution in [0.1, 0.15) is 18.4 Å². The summed E-state index contributed by atoms with van der Waals surface area (Å²) in [6.45, 7) is 3.82. The van der Waals surface area contributed by atoms with Crippen molar-refractivity contribution in [3.05, 3.63) is 48.0 Å². The number of H-pyrrole nitrogens is 1. The molecule has 3 aromatic rings.